The van der Waals surface area contributed by atoms with Crippen LogP contribution in [0.1, 0.15) is 19.4 Å². The molecule has 160 valence electrons. The predicted molar refractivity (Wildman–Crippen MR) is 120 cm³/mol. The summed E-state index contributed by atoms with van der Waals surface area (Å²) in [5, 5.41) is 6.60. The average molecular weight is 431 g/mol. The molecule has 4 N–H and O–H groups in total. The highest BCUT2D eigenvalue weighted by Crippen LogP contribution is 2.15. The molecule has 0 spiro atoms. The Morgan fingerprint density at radius 1 is 1.03 bits per heavy atom. The van der Waals surface area contributed by atoms with Crippen molar-refractivity contribution in [1.82, 2.24) is 0 Å². The van der Waals surface area contributed by atoms with Gasteiger partial charge in [-0.1, -0.05) is 42.8 Å². The molecule has 3 rings (SSSR count). The maximum Gasteiger partial charge on any atom is 0.282 e. The van der Waals surface area contributed by atoms with Gasteiger partial charge in [0.15, 0.2) is 12.6 Å². The van der Waals surface area contributed by atoms with E-state index in [-0.39, 0.29) is 17.9 Å². The van der Waals surface area contributed by atoms with Crippen molar-refractivity contribution in [2.24, 2.45) is 0 Å². The van der Waals surface area contributed by atoms with Gasteiger partial charge < -0.3 is 20.4 Å². The number of halogens is 1. The number of hydrogen-bond acceptors (Lipinski definition) is 2. The summed E-state index contributed by atoms with van der Waals surface area (Å²) in [5.74, 6) is 0.0331. The fraction of sp³-hybridized carbons (Fsp3) is 0.391. The maximum absolute atomic E-state index is 12.6. The molecular formula is C23H31ClN4O2+2. The molecule has 0 saturated carbocycles. The number of benzene rings is 2. The van der Waals surface area contributed by atoms with E-state index in [2.05, 4.69) is 17.6 Å². The SMILES string of the molecule is CCc1ccccc1NC(=O)C[NH+]1CC[NH+]([C@@H](C)C(=O)Nc2cccc(Cl)c2)CC1. The van der Waals surface area contributed by atoms with E-state index in [1.165, 1.54) is 9.80 Å². The molecule has 2 aromatic rings. The number of quaternary nitrogens is 2. The molecule has 1 fully saturated rings. The Labute approximate surface area is 183 Å². The normalized spacial score (nSPS) is 19.7. The fourth-order valence-electron chi connectivity index (χ4n) is 3.91. The lowest BCUT2D eigenvalue weighted by Crippen LogP contribution is -3.30. The number of anilines is 2. The van der Waals surface area contributed by atoms with E-state index in [0.29, 0.717) is 17.3 Å². The van der Waals surface area contributed by atoms with Gasteiger partial charge >= 0.3 is 0 Å². The molecule has 0 aromatic heterocycles. The van der Waals surface area contributed by atoms with E-state index in [0.717, 1.165) is 43.9 Å². The zero-order valence-corrected chi connectivity index (χ0v) is 18.4. The van der Waals surface area contributed by atoms with E-state index in [9.17, 15) is 9.59 Å². The molecule has 0 radical (unpaired) electrons. The van der Waals surface area contributed by atoms with Gasteiger partial charge in [-0.3, -0.25) is 9.59 Å². The summed E-state index contributed by atoms with van der Waals surface area (Å²) in [6.07, 6.45) is 0.889. The number of carbonyl (C=O) groups excluding carboxylic acids is 2. The van der Waals surface area contributed by atoms with Gasteiger partial charge in [0.05, 0.1) is 0 Å². The van der Waals surface area contributed by atoms with Crippen LogP contribution in [-0.4, -0.2) is 50.6 Å². The summed E-state index contributed by atoms with van der Waals surface area (Å²) in [5.41, 5.74) is 2.77. The van der Waals surface area contributed by atoms with Crippen molar-refractivity contribution in [2.75, 3.05) is 43.4 Å². The first-order valence-electron chi connectivity index (χ1n) is 10.6. The summed E-state index contributed by atoms with van der Waals surface area (Å²) < 4.78 is 0. The molecule has 1 saturated heterocycles. The Hall–Kier alpha value is -2.41. The van der Waals surface area contributed by atoms with Crippen molar-refractivity contribution in [3.63, 3.8) is 0 Å². The van der Waals surface area contributed by atoms with Crippen LogP contribution in [0.3, 0.4) is 0 Å². The van der Waals surface area contributed by atoms with Gasteiger partial charge in [0, 0.05) is 16.4 Å². The minimum atomic E-state index is -0.157. The van der Waals surface area contributed by atoms with E-state index in [4.69, 9.17) is 11.6 Å². The minimum absolute atomic E-state index is 0.00960. The van der Waals surface area contributed by atoms with Gasteiger partial charge in [0.25, 0.3) is 11.8 Å². The van der Waals surface area contributed by atoms with Crippen molar-refractivity contribution in [3.8, 4) is 0 Å². The van der Waals surface area contributed by atoms with Crippen LogP contribution >= 0.6 is 11.6 Å². The molecule has 0 bridgehead atoms. The molecule has 6 nitrogen and oxygen atoms in total. The van der Waals surface area contributed by atoms with Gasteiger partial charge in [0.2, 0.25) is 0 Å². The van der Waals surface area contributed by atoms with Crippen LogP contribution in [0.25, 0.3) is 0 Å². The molecule has 7 heteroatoms. The summed E-state index contributed by atoms with van der Waals surface area (Å²) in [6, 6.07) is 15.0. The third-order valence-corrected chi connectivity index (χ3v) is 6.02. The molecule has 1 aliphatic rings. The van der Waals surface area contributed by atoms with Crippen LogP contribution in [0.4, 0.5) is 11.4 Å². The number of rotatable bonds is 7. The Bertz CT molecular complexity index is 881. The number of hydrogen-bond donors (Lipinski definition) is 4. The van der Waals surface area contributed by atoms with Crippen molar-refractivity contribution < 1.29 is 19.4 Å². The number of para-hydroxylation sites is 1. The summed E-state index contributed by atoms with van der Waals surface area (Å²) in [6.45, 7) is 7.95. The van der Waals surface area contributed by atoms with Gasteiger partial charge in [-0.15, -0.1) is 0 Å². The Balaban J connectivity index is 1.45. The molecule has 1 aliphatic heterocycles. The second kappa shape index (κ2) is 10.6. The maximum atomic E-state index is 12.6. The third-order valence-electron chi connectivity index (χ3n) is 5.78. The standard InChI is InChI=1S/C23H29ClN4O2/c1-3-18-7-4-5-10-21(18)26-22(29)16-27-11-13-28(14-12-27)17(2)23(30)25-20-9-6-8-19(24)15-20/h4-10,15,17H,3,11-14,16H2,1-2H3,(H,25,30)(H,26,29)/p+2/t17-/m0/s1. The highest BCUT2D eigenvalue weighted by atomic mass is 35.5. The monoisotopic (exact) mass is 430 g/mol. The van der Waals surface area contributed by atoms with Crippen LogP contribution in [-0.2, 0) is 16.0 Å². The zero-order valence-electron chi connectivity index (χ0n) is 17.6. The molecule has 0 aliphatic carbocycles. The highest BCUT2D eigenvalue weighted by Gasteiger charge is 2.31. The lowest BCUT2D eigenvalue weighted by molar-refractivity contribution is -1.01. The van der Waals surface area contributed by atoms with Crippen molar-refractivity contribution in [2.45, 2.75) is 26.3 Å². The predicted octanol–water partition coefficient (Wildman–Crippen LogP) is 0.652. The minimum Gasteiger partial charge on any atom is -0.321 e. The van der Waals surface area contributed by atoms with Gasteiger partial charge in [-0.05, 0) is 43.2 Å². The first-order valence-corrected chi connectivity index (χ1v) is 11.0. The van der Waals surface area contributed by atoms with E-state index >= 15 is 0 Å². The number of carbonyl (C=O) groups is 2. The fourth-order valence-corrected chi connectivity index (χ4v) is 4.10. The summed E-state index contributed by atoms with van der Waals surface area (Å²) >= 11 is 5.99. The van der Waals surface area contributed by atoms with E-state index in [1.807, 2.05) is 43.3 Å². The molecule has 1 heterocycles. The topological polar surface area (TPSA) is 67.1 Å². The lowest BCUT2D eigenvalue weighted by Gasteiger charge is -2.32. The van der Waals surface area contributed by atoms with Crippen LogP contribution in [0.5, 0.6) is 0 Å². The van der Waals surface area contributed by atoms with E-state index < -0.39 is 0 Å². The number of aryl methyl sites for hydroxylation is 1. The van der Waals surface area contributed by atoms with Crippen molar-refractivity contribution >= 4 is 34.8 Å². The molecular weight excluding hydrogens is 400 g/mol. The van der Waals surface area contributed by atoms with Gasteiger partial charge in [0.1, 0.15) is 26.2 Å². The molecule has 2 aromatic carbocycles. The molecule has 30 heavy (non-hydrogen) atoms. The third kappa shape index (κ3) is 6.05. The first kappa shape index (κ1) is 22.3. The second-order valence-electron chi connectivity index (χ2n) is 7.87. The smallest absolute Gasteiger partial charge is 0.282 e. The molecule has 2 amide bonds. The lowest BCUT2D eigenvalue weighted by atomic mass is 10.1. The molecule has 1 atom stereocenters. The second-order valence-corrected chi connectivity index (χ2v) is 8.30. The average Bonchev–Trinajstić information content (AvgIpc) is 2.74. The van der Waals surface area contributed by atoms with Crippen LogP contribution < -0.4 is 20.4 Å². The van der Waals surface area contributed by atoms with Crippen LogP contribution in [0, 0.1) is 0 Å². The summed E-state index contributed by atoms with van der Waals surface area (Å²) in [7, 11) is 0. The number of nitrogens with one attached hydrogen (secondary N) is 4. The van der Waals surface area contributed by atoms with Gasteiger partial charge in [-0.25, -0.2) is 0 Å². The number of piperazine rings is 1. The van der Waals surface area contributed by atoms with Crippen molar-refractivity contribution in [3.05, 3.63) is 59.1 Å². The quantitative estimate of drug-likeness (QED) is 0.521. The van der Waals surface area contributed by atoms with Crippen LogP contribution in [0.2, 0.25) is 5.02 Å². The summed E-state index contributed by atoms with van der Waals surface area (Å²) in [4.78, 5) is 27.6. The number of amides is 2. The zero-order chi connectivity index (χ0) is 21.5. The van der Waals surface area contributed by atoms with Gasteiger partial charge in [-0.2, -0.15) is 0 Å². The first-order chi connectivity index (χ1) is 14.5. The molecule has 0 unspecified atom stereocenters. The largest absolute Gasteiger partial charge is 0.321 e. The van der Waals surface area contributed by atoms with Crippen molar-refractivity contribution in [1.29, 1.82) is 0 Å². The Morgan fingerprint density at radius 3 is 2.47 bits per heavy atom. The Morgan fingerprint density at radius 2 is 1.77 bits per heavy atom. The van der Waals surface area contributed by atoms with E-state index in [1.54, 1.807) is 12.1 Å². The Kier molecular flexibility index (Phi) is 7.85. The van der Waals surface area contributed by atoms with Crippen LogP contribution in [0.15, 0.2) is 48.5 Å². The highest BCUT2D eigenvalue weighted by molar-refractivity contribution is 6.30.